The molecule has 0 aliphatic carbocycles. The molecular weight excluding hydrogens is 596 g/mol. The molecule has 0 spiro atoms. The van der Waals surface area contributed by atoms with Crippen LogP contribution >= 0.6 is 27.3 Å². The molecule has 1 aliphatic rings. The summed E-state index contributed by atoms with van der Waals surface area (Å²) in [5, 5.41) is 4.35. The van der Waals surface area contributed by atoms with Crippen LogP contribution in [0.15, 0.2) is 121 Å². The third kappa shape index (κ3) is 4.33. The minimum Gasteiger partial charge on any atom is -0.458 e. The molecule has 0 bridgehead atoms. The molecule has 0 N–H and O–H groups in total. The van der Waals surface area contributed by atoms with E-state index in [2.05, 4.69) is 46.3 Å². The van der Waals surface area contributed by atoms with Crippen LogP contribution in [0.5, 0.6) is 0 Å². The Labute approximate surface area is 247 Å². The first-order chi connectivity index (χ1) is 19.9. The molecule has 7 heteroatoms. The Balaban J connectivity index is 1.46. The van der Waals surface area contributed by atoms with Crippen LogP contribution in [0.2, 0.25) is 0 Å². The Kier molecular flexibility index (Phi) is 6.21. The molecule has 4 aromatic carbocycles. The number of ketones is 1. The normalized spacial score (nSPS) is 15.4. The van der Waals surface area contributed by atoms with Crippen molar-refractivity contribution in [3.63, 3.8) is 0 Å². The molecule has 0 saturated carbocycles. The van der Waals surface area contributed by atoms with Gasteiger partial charge < -0.3 is 4.42 Å². The maximum Gasteiger partial charge on any atom is 0.271 e. The van der Waals surface area contributed by atoms with E-state index in [1.54, 1.807) is 4.57 Å². The van der Waals surface area contributed by atoms with E-state index < -0.39 is 6.04 Å². The first-order valence-corrected chi connectivity index (χ1v) is 14.8. The zero-order valence-corrected chi connectivity index (χ0v) is 24.6. The van der Waals surface area contributed by atoms with Crippen molar-refractivity contribution in [2.24, 2.45) is 4.99 Å². The zero-order chi connectivity index (χ0) is 28.2. The predicted molar refractivity (Wildman–Crippen MR) is 168 cm³/mol. The number of fused-ring (bicyclic) bond motifs is 3. The smallest absolute Gasteiger partial charge is 0.271 e. The Morgan fingerprint density at radius 3 is 2.27 bits per heavy atom. The Hall–Kier alpha value is -4.33. The van der Waals surface area contributed by atoms with Crippen LogP contribution in [0.4, 0.5) is 0 Å². The van der Waals surface area contributed by atoms with Gasteiger partial charge in [-0.25, -0.2) is 4.99 Å². The molecule has 0 unspecified atom stereocenters. The summed E-state index contributed by atoms with van der Waals surface area (Å²) >= 11 is 4.80. The second-order valence-electron chi connectivity index (χ2n) is 10.1. The Bertz CT molecular complexity index is 2180. The average molecular weight is 620 g/mol. The van der Waals surface area contributed by atoms with E-state index in [9.17, 15) is 9.59 Å². The summed E-state index contributed by atoms with van der Waals surface area (Å²) < 4.78 is 9.45. The highest BCUT2D eigenvalue weighted by atomic mass is 79.9. The lowest BCUT2D eigenvalue weighted by atomic mass is 9.96. The van der Waals surface area contributed by atoms with Crippen molar-refractivity contribution in [1.82, 2.24) is 4.57 Å². The number of thiazole rings is 1. The lowest BCUT2D eigenvalue weighted by molar-refractivity contribution is -0.114. The predicted octanol–water partition coefficient (Wildman–Crippen LogP) is 7.15. The molecular formula is C34H23BrN2O3S. The summed E-state index contributed by atoms with van der Waals surface area (Å²) in [5.74, 6) is 1.03. The largest absolute Gasteiger partial charge is 0.458 e. The minimum atomic E-state index is -0.709. The molecule has 6 aromatic rings. The number of hydrogen-bond donors (Lipinski definition) is 0. The molecule has 3 heterocycles. The molecule has 0 fully saturated rings. The summed E-state index contributed by atoms with van der Waals surface area (Å²) in [4.78, 5) is 32.4. The fourth-order valence-electron chi connectivity index (χ4n) is 5.64. The molecule has 0 radical (unpaired) electrons. The van der Waals surface area contributed by atoms with Gasteiger partial charge in [-0.05, 0) is 77.4 Å². The van der Waals surface area contributed by atoms with E-state index in [0.717, 1.165) is 37.1 Å². The quantitative estimate of drug-likeness (QED) is 0.197. The van der Waals surface area contributed by atoms with Gasteiger partial charge in [0.25, 0.3) is 5.56 Å². The molecule has 1 atom stereocenters. The Morgan fingerprint density at radius 1 is 0.951 bits per heavy atom. The molecule has 200 valence electrons. The minimum absolute atomic E-state index is 0.146. The van der Waals surface area contributed by atoms with Crippen molar-refractivity contribution in [3.8, 4) is 11.3 Å². The number of carbonyl (C=O) groups excluding carboxylic acids is 1. The van der Waals surface area contributed by atoms with E-state index in [-0.39, 0.29) is 11.3 Å². The molecule has 2 aromatic heterocycles. The summed E-state index contributed by atoms with van der Waals surface area (Å²) in [7, 11) is 0. The van der Waals surface area contributed by atoms with Crippen LogP contribution in [-0.2, 0) is 4.79 Å². The van der Waals surface area contributed by atoms with E-state index in [4.69, 9.17) is 9.41 Å². The number of nitrogens with zero attached hydrogens (tertiary/aromatic N) is 2. The maximum atomic E-state index is 14.2. The summed E-state index contributed by atoms with van der Waals surface area (Å²) in [5.41, 5.74) is 2.73. The fraction of sp³-hybridized carbons (Fsp3) is 0.0882. The second-order valence-corrected chi connectivity index (χ2v) is 12.0. The monoisotopic (exact) mass is 618 g/mol. The Morgan fingerprint density at radius 2 is 1.61 bits per heavy atom. The van der Waals surface area contributed by atoms with Crippen molar-refractivity contribution in [2.45, 2.75) is 19.9 Å². The van der Waals surface area contributed by atoms with Crippen LogP contribution in [0.25, 0.3) is 38.9 Å². The standard InChI is InChI=1S/C34H23BrN2O3S/c1-19-31(20(2)38)32(29-16-15-28(40-29)21-11-13-24(35)14-12-21)37-33(39)30(41-34(37)36-19)18-27-25-9-5-3-7-22(25)17-23-8-4-6-10-26(23)27/h3-18,32H,1-2H3/b30-18-/t32-/m1/s1. The van der Waals surface area contributed by atoms with Crippen molar-refractivity contribution >= 4 is 60.7 Å². The van der Waals surface area contributed by atoms with E-state index >= 15 is 0 Å². The number of rotatable bonds is 4. The SMILES string of the molecule is CC(=O)C1=C(C)N=c2s/c(=C\c3c4ccccc4cc4ccccc34)c(=O)n2[C@@H]1c1ccc(-c2ccc(Br)cc2)o1. The number of carbonyl (C=O) groups is 1. The fourth-order valence-corrected chi connectivity index (χ4v) is 6.94. The van der Waals surface area contributed by atoms with Gasteiger partial charge >= 0.3 is 0 Å². The van der Waals surface area contributed by atoms with Crippen LogP contribution in [0.3, 0.4) is 0 Å². The lowest BCUT2D eigenvalue weighted by Gasteiger charge is -2.22. The average Bonchev–Trinajstić information content (AvgIpc) is 3.57. The van der Waals surface area contributed by atoms with Gasteiger partial charge in [-0.3, -0.25) is 14.2 Å². The van der Waals surface area contributed by atoms with Crippen LogP contribution < -0.4 is 14.9 Å². The number of furan rings is 1. The number of allylic oxidation sites excluding steroid dienone is 2. The van der Waals surface area contributed by atoms with Crippen molar-refractivity contribution in [1.29, 1.82) is 0 Å². The highest BCUT2D eigenvalue weighted by Crippen LogP contribution is 2.34. The lowest BCUT2D eigenvalue weighted by Crippen LogP contribution is -2.39. The highest BCUT2D eigenvalue weighted by molar-refractivity contribution is 9.10. The molecule has 0 amide bonds. The van der Waals surface area contributed by atoms with Gasteiger partial charge in [0.05, 0.1) is 4.53 Å². The zero-order valence-electron chi connectivity index (χ0n) is 22.2. The van der Waals surface area contributed by atoms with E-state index in [1.807, 2.05) is 73.7 Å². The summed E-state index contributed by atoms with van der Waals surface area (Å²) in [6, 6.07) is 29.4. The third-order valence-electron chi connectivity index (χ3n) is 7.51. The number of benzene rings is 4. The van der Waals surface area contributed by atoms with E-state index in [1.165, 1.54) is 18.3 Å². The summed E-state index contributed by atoms with van der Waals surface area (Å²) in [6.07, 6.45) is 1.97. The van der Waals surface area contributed by atoms with Crippen LogP contribution in [0.1, 0.15) is 31.2 Å². The van der Waals surface area contributed by atoms with Crippen molar-refractivity contribution < 1.29 is 9.21 Å². The molecule has 0 saturated heterocycles. The summed E-state index contributed by atoms with van der Waals surface area (Å²) in [6.45, 7) is 3.33. The van der Waals surface area contributed by atoms with Gasteiger partial charge in [0.2, 0.25) is 0 Å². The van der Waals surface area contributed by atoms with Gasteiger partial charge in [-0.1, -0.05) is 87.9 Å². The number of aromatic nitrogens is 1. The second kappa shape index (κ2) is 9.94. The van der Waals surface area contributed by atoms with Crippen molar-refractivity contribution in [2.75, 3.05) is 0 Å². The topological polar surface area (TPSA) is 64.6 Å². The third-order valence-corrected chi connectivity index (χ3v) is 9.03. The first-order valence-electron chi connectivity index (χ1n) is 13.2. The maximum absolute atomic E-state index is 14.2. The van der Waals surface area contributed by atoms with Gasteiger partial charge in [0.15, 0.2) is 10.6 Å². The molecule has 41 heavy (non-hydrogen) atoms. The molecule has 5 nitrogen and oxygen atoms in total. The number of Topliss-reactive ketones (excluding diaryl/α,β-unsaturated/α-hetero) is 1. The highest BCUT2D eigenvalue weighted by Gasteiger charge is 2.33. The van der Waals surface area contributed by atoms with Gasteiger partial charge in [-0.15, -0.1) is 0 Å². The van der Waals surface area contributed by atoms with Crippen LogP contribution in [-0.4, -0.2) is 10.4 Å². The first kappa shape index (κ1) is 25.6. The van der Waals surface area contributed by atoms with Crippen molar-refractivity contribution in [3.05, 3.63) is 138 Å². The van der Waals surface area contributed by atoms with Gasteiger partial charge in [0, 0.05) is 21.3 Å². The van der Waals surface area contributed by atoms with Gasteiger partial charge in [-0.2, -0.15) is 0 Å². The molecule has 1 aliphatic heterocycles. The molecule has 7 rings (SSSR count). The number of halogens is 1. The van der Waals surface area contributed by atoms with Crippen LogP contribution in [0, 0.1) is 0 Å². The number of hydrogen-bond acceptors (Lipinski definition) is 5. The van der Waals surface area contributed by atoms with Gasteiger partial charge in [0.1, 0.15) is 17.6 Å². The van der Waals surface area contributed by atoms with E-state index in [0.29, 0.717) is 32.1 Å².